The highest BCUT2D eigenvalue weighted by Crippen LogP contribution is 2.38. The van der Waals surface area contributed by atoms with E-state index >= 15 is 0 Å². The molecule has 9 heteroatoms. The van der Waals surface area contributed by atoms with Crippen LogP contribution in [0.5, 0.6) is 0 Å². The average molecular weight is 464 g/mol. The maximum atomic E-state index is 12.7. The van der Waals surface area contributed by atoms with Crippen LogP contribution in [0.25, 0.3) is 0 Å². The number of nitrogens with one attached hydrogen (secondary N) is 1. The minimum absolute atomic E-state index is 0.00199. The van der Waals surface area contributed by atoms with E-state index in [4.69, 9.17) is 9.84 Å². The summed E-state index contributed by atoms with van der Waals surface area (Å²) in [6.45, 7) is 1.59. The normalized spacial score (nSPS) is 17.9. The van der Waals surface area contributed by atoms with Gasteiger partial charge in [-0.3, -0.25) is 0 Å². The third-order valence-corrected chi connectivity index (χ3v) is 8.40. The van der Waals surface area contributed by atoms with Gasteiger partial charge in [0.2, 0.25) is 0 Å². The van der Waals surface area contributed by atoms with Crippen molar-refractivity contribution in [1.29, 1.82) is 0 Å². The number of carbonyl (C=O) groups excluding carboxylic acids is 1. The number of benzene rings is 1. The highest BCUT2D eigenvalue weighted by Gasteiger charge is 2.26. The van der Waals surface area contributed by atoms with E-state index in [0.717, 1.165) is 55.5 Å². The summed E-state index contributed by atoms with van der Waals surface area (Å²) in [5.74, 6) is 0. The Kier molecular flexibility index (Phi) is 6.78. The fourth-order valence-corrected chi connectivity index (χ4v) is 6.23. The maximum absolute atomic E-state index is 12.7. The summed E-state index contributed by atoms with van der Waals surface area (Å²) < 4.78 is 22.1. The number of amides is 2. The van der Waals surface area contributed by atoms with E-state index in [1.54, 1.807) is 19.1 Å². The van der Waals surface area contributed by atoms with Gasteiger partial charge in [-0.2, -0.15) is 11.3 Å². The molecular formula is C22H27N2O5S2-. The molecule has 1 aromatic carbocycles. The zero-order valence-electron chi connectivity index (χ0n) is 17.5. The molecule has 2 aliphatic carbocycles. The number of rotatable bonds is 7. The minimum atomic E-state index is -1.87. The second-order valence-electron chi connectivity index (χ2n) is 8.17. The standard InChI is InChI=1S/C22H27N2O5S2/c1-22(27,13-29-11-10-25)18-8-9-19(30-18)31(28)24-21(26)23-20-16-6-2-4-14(16)12-15-5-3-7-17(15)20/h8-9,12,25,27H,2-7,10-11,13H2,1H3,(H,23,26)/q-1/t22-/m0/s1. The Morgan fingerprint density at radius 2 is 1.90 bits per heavy atom. The highest BCUT2D eigenvalue weighted by atomic mass is 32.2. The molecule has 0 aliphatic heterocycles. The van der Waals surface area contributed by atoms with Gasteiger partial charge >= 0.3 is 6.03 Å². The van der Waals surface area contributed by atoms with Crippen molar-refractivity contribution in [2.45, 2.75) is 55.3 Å². The van der Waals surface area contributed by atoms with Crippen molar-refractivity contribution in [2.75, 3.05) is 25.1 Å². The Morgan fingerprint density at radius 3 is 2.55 bits per heavy atom. The molecular weight excluding hydrogens is 436 g/mol. The van der Waals surface area contributed by atoms with Gasteiger partial charge in [-0.1, -0.05) is 12.1 Å². The van der Waals surface area contributed by atoms with Crippen LogP contribution in [-0.4, -0.2) is 36.1 Å². The van der Waals surface area contributed by atoms with Crippen LogP contribution >= 0.6 is 11.3 Å². The fourth-order valence-electron chi connectivity index (χ4n) is 4.33. The van der Waals surface area contributed by atoms with Crippen molar-refractivity contribution < 1.29 is 24.0 Å². The van der Waals surface area contributed by atoms with E-state index in [1.165, 1.54) is 22.3 Å². The number of nitrogens with zero attached hydrogens (tertiary/aromatic N) is 1. The van der Waals surface area contributed by atoms with Gasteiger partial charge in [0.15, 0.2) is 0 Å². The molecule has 0 saturated carbocycles. The van der Waals surface area contributed by atoms with Crippen molar-refractivity contribution in [2.24, 2.45) is 4.36 Å². The summed E-state index contributed by atoms with van der Waals surface area (Å²) in [4.78, 5) is 13.2. The molecule has 3 N–H and O–H groups in total. The number of aliphatic hydroxyl groups excluding tert-OH is 1. The van der Waals surface area contributed by atoms with Gasteiger partial charge in [-0.15, -0.1) is 10.6 Å². The molecule has 0 unspecified atom stereocenters. The number of urea groups is 1. The van der Waals surface area contributed by atoms with Crippen LogP contribution in [0.4, 0.5) is 10.5 Å². The predicted octanol–water partition coefficient (Wildman–Crippen LogP) is 3.68. The van der Waals surface area contributed by atoms with Gasteiger partial charge in [-0.05, 0) is 78.0 Å². The Balaban J connectivity index is 1.50. The Labute approximate surface area is 187 Å². The van der Waals surface area contributed by atoms with Crippen LogP contribution in [0, 0.1) is 0 Å². The lowest BCUT2D eigenvalue weighted by Gasteiger charge is -2.21. The summed E-state index contributed by atoms with van der Waals surface area (Å²) in [5, 5.41) is 22.3. The third-order valence-electron chi connectivity index (χ3n) is 5.77. The quantitative estimate of drug-likeness (QED) is 0.429. The van der Waals surface area contributed by atoms with E-state index in [1.807, 2.05) is 0 Å². The number of hydrogen-bond acceptors (Lipinski definition) is 7. The Bertz CT molecular complexity index is 1040. The maximum Gasteiger partial charge on any atom is 0.322 e. The average Bonchev–Trinajstić information content (AvgIpc) is 3.47. The molecule has 31 heavy (non-hydrogen) atoms. The fraction of sp³-hybridized carbons (Fsp3) is 0.500. The molecule has 0 radical (unpaired) electrons. The van der Waals surface area contributed by atoms with Crippen molar-refractivity contribution in [1.82, 2.24) is 0 Å². The van der Waals surface area contributed by atoms with E-state index in [9.17, 15) is 14.1 Å². The van der Waals surface area contributed by atoms with Crippen LogP contribution in [0.2, 0.25) is 0 Å². The molecule has 0 fully saturated rings. The number of ether oxygens (including phenoxy) is 1. The van der Waals surface area contributed by atoms with Crippen LogP contribution in [-0.2, 0) is 50.8 Å². The number of fused-ring (bicyclic) bond motifs is 2. The second kappa shape index (κ2) is 9.38. The molecule has 2 amide bonds. The van der Waals surface area contributed by atoms with E-state index < -0.39 is 22.2 Å². The molecule has 0 spiro atoms. The molecule has 0 bridgehead atoms. The highest BCUT2D eigenvalue weighted by molar-refractivity contribution is 7.78. The summed E-state index contributed by atoms with van der Waals surface area (Å²) >= 11 is 1.13. The first-order valence-electron chi connectivity index (χ1n) is 10.5. The predicted molar refractivity (Wildman–Crippen MR) is 120 cm³/mol. The molecule has 7 nitrogen and oxygen atoms in total. The van der Waals surface area contributed by atoms with Crippen molar-refractivity contribution in [3.63, 3.8) is 0 Å². The lowest BCUT2D eigenvalue weighted by molar-refractivity contribution is -0.0424. The molecule has 2 aliphatic rings. The number of thiophene rings is 1. The van der Waals surface area contributed by atoms with E-state index in [0.29, 0.717) is 9.09 Å². The molecule has 4 rings (SSSR count). The SMILES string of the molecule is C[C@](O)(COCCO)c1ccc([S-](=O)=NC(=O)Nc2c3c(cc4c2CCC4)CCC3)s1. The van der Waals surface area contributed by atoms with Crippen LogP contribution in [0.1, 0.15) is 46.9 Å². The van der Waals surface area contributed by atoms with Gasteiger partial charge in [-0.25, -0.2) is 4.79 Å². The zero-order valence-corrected chi connectivity index (χ0v) is 19.1. The van der Waals surface area contributed by atoms with E-state index in [2.05, 4.69) is 15.7 Å². The first kappa shape index (κ1) is 22.4. The molecule has 1 heterocycles. The van der Waals surface area contributed by atoms with E-state index in [-0.39, 0.29) is 19.8 Å². The summed E-state index contributed by atoms with van der Waals surface area (Å²) in [6, 6.07) is 4.94. The van der Waals surface area contributed by atoms with Crippen LogP contribution in [0.3, 0.4) is 0 Å². The number of aliphatic hydroxyl groups is 2. The lowest BCUT2D eigenvalue weighted by Crippen LogP contribution is -2.27. The largest absolute Gasteiger partial charge is 0.439 e. The molecule has 0 saturated heterocycles. The minimum Gasteiger partial charge on any atom is -0.439 e. The lowest BCUT2D eigenvalue weighted by atomic mass is 9.99. The third kappa shape index (κ3) is 4.85. The molecule has 168 valence electrons. The van der Waals surface area contributed by atoms with Gasteiger partial charge in [0.25, 0.3) is 0 Å². The van der Waals surface area contributed by atoms with Crippen molar-refractivity contribution >= 4 is 33.7 Å². The molecule has 1 aromatic heterocycles. The summed E-state index contributed by atoms with van der Waals surface area (Å²) in [6.07, 6.45) is 6.14. The first-order valence-corrected chi connectivity index (χ1v) is 12.4. The zero-order chi connectivity index (χ0) is 22.0. The van der Waals surface area contributed by atoms with Gasteiger partial charge in [0.05, 0.1) is 19.8 Å². The Morgan fingerprint density at radius 1 is 1.23 bits per heavy atom. The molecule has 1 atom stereocenters. The van der Waals surface area contributed by atoms with Crippen LogP contribution < -0.4 is 5.32 Å². The Hall–Kier alpha value is -1.78. The van der Waals surface area contributed by atoms with Gasteiger partial charge < -0.3 is 28.8 Å². The van der Waals surface area contributed by atoms with Crippen LogP contribution in [0.15, 0.2) is 26.8 Å². The number of carbonyl (C=O) groups is 1. The monoisotopic (exact) mass is 463 g/mol. The second-order valence-corrected chi connectivity index (χ2v) is 10.6. The number of aryl methyl sites for hydroxylation is 2. The van der Waals surface area contributed by atoms with Gasteiger partial charge in [0, 0.05) is 10.6 Å². The summed E-state index contributed by atoms with van der Waals surface area (Å²) in [5.41, 5.74) is 4.62. The topological polar surface area (TPSA) is 108 Å². The van der Waals surface area contributed by atoms with Gasteiger partial charge in [0.1, 0.15) is 5.60 Å². The first-order chi connectivity index (χ1) is 14.9. The van der Waals surface area contributed by atoms with Crippen molar-refractivity contribution in [3.8, 4) is 0 Å². The number of anilines is 1. The summed E-state index contributed by atoms with van der Waals surface area (Å²) in [7, 11) is -1.87. The number of hydrogen-bond donors (Lipinski definition) is 3. The van der Waals surface area contributed by atoms with Crippen molar-refractivity contribution in [3.05, 3.63) is 45.3 Å². The smallest absolute Gasteiger partial charge is 0.322 e. The molecule has 2 aromatic rings.